The van der Waals surface area contributed by atoms with Crippen LogP contribution < -0.4 is 6.15 Å². The summed E-state index contributed by atoms with van der Waals surface area (Å²) in [6.07, 6.45) is 0.933. The van der Waals surface area contributed by atoms with E-state index in [1.807, 2.05) is 41.5 Å². The van der Waals surface area contributed by atoms with Crippen LogP contribution in [0.15, 0.2) is 0 Å². The third-order valence-electron chi connectivity index (χ3n) is 2.89. The predicted molar refractivity (Wildman–Crippen MR) is 76.6 cm³/mol. The van der Waals surface area contributed by atoms with E-state index in [4.69, 9.17) is 0 Å². The molecule has 0 spiro atoms. The molecule has 0 aliphatic rings. The molecule has 0 heterocycles. The third kappa shape index (κ3) is 13.2. The minimum Gasteiger partial charge on any atom is -0.344 e. The molecule has 17 heavy (non-hydrogen) atoms. The summed E-state index contributed by atoms with van der Waals surface area (Å²) in [5, 5.41) is 0. The van der Waals surface area contributed by atoms with Gasteiger partial charge in [-0.2, -0.15) is 0 Å². The molecule has 0 fully saturated rings. The summed E-state index contributed by atoms with van der Waals surface area (Å²) in [5.74, 6) is 0.521. The summed E-state index contributed by atoms with van der Waals surface area (Å²) < 4.78 is 0. The van der Waals surface area contributed by atoms with Crippen molar-refractivity contribution in [1.82, 2.24) is 6.15 Å². The van der Waals surface area contributed by atoms with E-state index in [2.05, 4.69) is 0 Å². The highest BCUT2D eigenvalue weighted by atomic mass is 16.1. The summed E-state index contributed by atoms with van der Waals surface area (Å²) in [4.78, 5) is 21.2. The maximum absolute atomic E-state index is 10.7. The lowest BCUT2D eigenvalue weighted by Gasteiger charge is -2.17. The number of Topliss-reactive ketones (excluding diaryl/α,β-unsaturated/α-hetero) is 2. The second-order valence-electron chi connectivity index (χ2n) is 5.60. The van der Waals surface area contributed by atoms with Crippen LogP contribution >= 0.6 is 0 Å². The van der Waals surface area contributed by atoms with Gasteiger partial charge in [0.15, 0.2) is 0 Å². The Morgan fingerprint density at radius 2 is 1.12 bits per heavy atom. The monoisotopic (exact) mass is 247 g/mol. The van der Waals surface area contributed by atoms with Gasteiger partial charge in [0.25, 0.3) is 0 Å². The zero-order valence-corrected chi connectivity index (χ0v) is 12.2. The van der Waals surface area contributed by atoms with Gasteiger partial charge >= 0.3 is 0 Å². The van der Waals surface area contributed by atoms with Crippen molar-refractivity contribution in [3.05, 3.63) is 0 Å². The van der Waals surface area contributed by atoms with Crippen molar-refractivity contribution in [3.8, 4) is 0 Å². The third-order valence-corrected chi connectivity index (χ3v) is 2.89. The quantitative estimate of drug-likeness (QED) is 0.784. The largest absolute Gasteiger partial charge is 0.344 e. The molecule has 0 amide bonds. The highest BCUT2D eigenvalue weighted by molar-refractivity contribution is 5.81. The lowest BCUT2D eigenvalue weighted by atomic mass is 9.86. The van der Waals surface area contributed by atoms with E-state index >= 15 is 0 Å². The van der Waals surface area contributed by atoms with Crippen molar-refractivity contribution >= 4 is 11.6 Å². The minimum absolute atomic E-state index is 0. The Balaban J connectivity index is -0.0000000896. The van der Waals surface area contributed by atoms with Crippen LogP contribution in [0.5, 0.6) is 0 Å². The first-order chi connectivity index (χ1) is 6.45. The Labute approximate surface area is 108 Å². The van der Waals surface area contributed by atoms with E-state index in [0.29, 0.717) is 0 Å². The van der Waals surface area contributed by atoms with Crippen LogP contribution in [0.2, 0.25) is 0 Å². The van der Waals surface area contributed by atoms with E-state index in [1.165, 1.54) is 0 Å². The Morgan fingerprint density at radius 3 is 1.12 bits per heavy atom. The molecule has 0 aliphatic carbocycles. The number of hydrogen-bond donors (Lipinski definition) is 1. The first-order valence-electron chi connectivity index (χ1n) is 5.47. The second-order valence-corrected chi connectivity index (χ2v) is 5.60. The summed E-state index contributed by atoms with van der Waals surface area (Å²) >= 11 is 0. The van der Waals surface area contributed by atoms with E-state index in [-0.39, 0.29) is 36.0 Å². The number of ketones is 2. The standard InChI is InChI=1S/C7H14O.C6H12O.CH4.H3N/c1-5-7(3,4)6(2)8;1-5(7)6(2,3)4;;/h5H2,1-4H3;1-4H3;1H4;1H3. The molecule has 0 saturated heterocycles. The average molecular weight is 247 g/mol. The van der Waals surface area contributed by atoms with Gasteiger partial charge < -0.3 is 6.15 Å². The van der Waals surface area contributed by atoms with Gasteiger partial charge in [-0.15, -0.1) is 0 Å². The van der Waals surface area contributed by atoms with Crippen molar-refractivity contribution < 1.29 is 9.59 Å². The predicted octanol–water partition coefficient (Wildman–Crippen LogP) is 4.43. The zero-order chi connectivity index (χ0) is 12.9. The van der Waals surface area contributed by atoms with Gasteiger partial charge in [0.1, 0.15) is 11.6 Å². The van der Waals surface area contributed by atoms with Crippen molar-refractivity contribution in [2.24, 2.45) is 10.8 Å². The normalized spacial score (nSPS) is 10.1. The molecule has 0 aliphatic heterocycles. The van der Waals surface area contributed by atoms with Crippen LogP contribution in [0.25, 0.3) is 0 Å². The Bertz CT molecular complexity index is 225. The van der Waals surface area contributed by atoms with Gasteiger partial charge in [0.05, 0.1) is 0 Å². The summed E-state index contributed by atoms with van der Waals surface area (Å²) in [5.41, 5.74) is -0.236. The molecular weight excluding hydrogens is 214 g/mol. The summed E-state index contributed by atoms with van der Waals surface area (Å²) in [6, 6.07) is 0. The summed E-state index contributed by atoms with van der Waals surface area (Å²) in [7, 11) is 0. The van der Waals surface area contributed by atoms with Crippen LogP contribution in [0.4, 0.5) is 0 Å². The Kier molecular flexibility index (Phi) is 13.9. The van der Waals surface area contributed by atoms with Gasteiger partial charge in [0, 0.05) is 10.8 Å². The molecule has 3 nitrogen and oxygen atoms in total. The van der Waals surface area contributed by atoms with E-state index < -0.39 is 0 Å². The zero-order valence-electron chi connectivity index (χ0n) is 12.2. The first kappa shape index (κ1) is 25.2. The fourth-order valence-electron chi connectivity index (χ4n) is 0.249. The van der Waals surface area contributed by atoms with Crippen molar-refractivity contribution in [2.45, 2.75) is 69.2 Å². The number of rotatable bonds is 2. The topological polar surface area (TPSA) is 69.1 Å². The lowest BCUT2D eigenvalue weighted by molar-refractivity contribution is -0.125. The number of carbonyl (C=O) groups is 2. The molecule has 0 saturated carbocycles. The number of carbonyl (C=O) groups excluding carboxylic acids is 2. The first-order valence-corrected chi connectivity index (χ1v) is 5.47. The fraction of sp³-hybridized carbons (Fsp3) is 0.857. The van der Waals surface area contributed by atoms with Gasteiger partial charge in [-0.1, -0.05) is 49.0 Å². The molecule has 106 valence electrons. The molecule has 0 aromatic rings. The smallest absolute Gasteiger partial charge is 0.135 e. The van der Waals surface area contributed by atoms with Crippen LogP contribution in [0.1, 0.15) is 69.2 Å². The molecule has 0 aromatic carbocycles. The highest BCUT2D eigenvalue weighted by Crippen LogP contribution is 2.19. The van der Waals surface area contributed by atoms with E-state index in [1.54, 1.807) is 13.8 Å². The Morgan fingerprint density at radius 1 is 0.882 bits per heavy atom. The van der Waals surface area contributed by atoms with Crippen LogP contribution in [-0.4, -0.2) is 11.6 Å². The van der Waals surface area contributed by atoms with Gasteiger partial charge in [-0.3, -0.25) is 9.59 Å². The maximum Gasteiger partial charge on any atom is 0.135 e. The molecule has 3 N–H and O–H groups in total. The maximum atomic E-state index is 10.7. The van der Waals surface area contributed by atoms with Gasteiger partial charge in [0.2, 0.25) is 0 Å². The van der Waals surface area contributed by atoms with Crippen molar-refractivity contribution in [3.63, 3.8) is 0 Å². The molecule has 0 aromatic heterocycles. The highest BCUT2D eigenvalue weighted by Gasteiger charge is 2.19. The molecule has 0 radical (unpaired) electrons. The van der Waals surface area contributed by atoms with Crippen LogP contribution in [-0.2, 0) is 9.59 Å². The molecule has 3 heteroatoms. The SMILES string of the molecule is C.CC(=O)C(C)(C)C.CCC(C)(C)C(C)=O.N. The van der Waals surface area contributed by atoms with E-state index in [9.17, 15) is 9.59 Å². The molecule has 0 rings (SSSR count). The van der Waals surface area contributed by atoms with Crippen LogP contribution in [0.3, 0.4) is 0 Å². The fourth-order valence-corrected chi connectivity index (χ4v) is 0.249. The second kappa shape index (κ2) is 9.34. The van der Waals surface area contributed by atoms with E-state index in [0.717, 1.165) is 6.42 Å². The lowest BCUT2D eigenvalue weighted by Crippen LogP contribution is -2.19. The number of hydrogen-bond acceptors (Lipinski definition) is 3. The molecular formula is C14H33NO2. The molecule has 0 atom stereocenters. The summed E-state index contributed by atoms with van der Waals surface area (Å²) in [6.45, 7) is 15.0. The van der Waals surface area contributed by atoms with Gasteiger partial charge in [-0.05, 0) is 20.3 Å². The molecule has 0 unspecified atom stereocenters. The van der Waals surface area contributed by atoms with Crippen molar-refractivity contribution in [1.29, 1.82) is 0 Å². The molecule has 0 bridgehead atoms. The van der Waals surface area contributed by atoms with Gasteiger partial charge in [-0.25, -0.2) is 0 Å². The minimum atomic E-state index is -0.139. The van der Waals surface area contributed by atoms with Crippen molar-refractivity contribution in [2.75, 3.05) is 0 Å². The van der Waals surface area contributed by atoms with Crippen LogP contribution in [0, 0.1) is 10.8 Å². The average Bonchev–Trinajstić information content (AvgIpc) is 2.03. The Hall–Kier alpha value is -0.700.